The van der Waals surface area contributed by atoms with Gasteiger partial charge in [-0.15, -0.1) is 0 Å². The number of anilines is 2. The van der Waals surface area contributed by atoms with Crippen molar-refractivity contribution >= 4 is 29.0 Å². The minimum absolute atomic E-state index is 0.337. The first-order valence-electron chi connectivity index (χ1n) is 11.0. The first kappa shape index (κ1) is 23.1. The summed E-state index contributed by atoms with van der Waals surface area (Å²) in [5, 5.41) is 10.0. The highest BCUT2D eigenvalue weighted by Crippen LogP contribution is 2.24. The second-order valence-corrected chi connectivity index (χ2v) is 8.25. The Morgan fingerprint density at radius 2 is 1.81 bits per heavy atom. The van der Waals surface area contributed by atoms with Gasteiger partial charge in [-0.3, -0.25) is 0 Å². The van der Waals surface area contributed by atoms with Gasteiger partial charge >= 0.3 is 6.03 Å². The van der Waals surface area contributed by atoms with Gasteiger partial charge in [-0.1, -0.05) is 41.0 Å². The molecule has 0 saturated heterocycles. The van der Waals surface area contributed by atoms with Crippen LogP contribution >= 0.6 is 11.6 Å². The van der Waals surface area contributed by atoms with Gasteiger partial charge in [-0.05, 0) is 54.1 Å². The molecule has 0 radical (unpaired) electrons. The Balaban J connectivity index is 1.20. The summed E-state index contributed by atoms with van der Waals surface area (Å²) in [5.41, 5.74) is 3.63. The maximum Gasteiger partial charge on any atom is 0.323 e. The molecule has 2 aromatic heterocycles. The number of carbonyl (C=O) groups excluding carboxylic acids is 1. The molecule has 0 aliphatic carbocycles. The number of nitrogens with one attached hydrogen (secondary N) is 2. The molecule has 2 amide bonds. The number of hydrogen-bond donors (Lipinski definition) is 2. The second kappa shape index (κ2) is 10.3. The van der Waals surface area contributed by atoms with Crippen LogP contribution in [0.2, 0.25) is 5.02 Å². The van der Waals surface area contributed by atoms with E-state index in [1.165, 1.54) is 0 Å². The normalized spacial score (nSPS) is 10.7. The molecule has 0 aliphatic rings. The number of imidazole rings is 1. The number of nitrogens with zero attached hydrogens (tertiary/aromatic N) is 4. The van der Waals surface area contributed by atoms with E-state index in [2.05, 4.69) is 25.8 Å². The Morgan fingerprint density at radius 3 is 2.56 bits per heavy atom. The van der Waals surface area contributed by atoms with Crippen LogP contribution in [0.4, 0.5) is 16.2 Å². The van der Waals surface area contributed by atoms with E-state index in [1.807, 2.05) is 59.3 Å². The Morgan fingerprint density at radius 1 is 1.03 bits per heavy atom. The van der Waals surface area contributed by atoms with Crippen LogP contribution in [-0.4, -0.2) is 32.8 Å². The summed E-state index contributed by atoms with van der Waals surface area (Å²) in [6, 6.07) is 21.6. The molecule has 0 spiro atoms. The molecule has 0 unspecified atom stereocenters. The molecule has 2 N–H and O–H groups in total. The molecule has 0 atom stereocenters. The number of aromatic nitrogens is 4. The lowest BCUT2D eigenvalue weighted by Crippen LogP contribution is -2.19. The molecule has 3 aromatic carbocycles. The van der Waals surface area contributed by atoms with Gasteiger partial charge in [0, 0.05) is 24.0 Å². The van der Waals surface area contributed by atoms with Crippen molar-refractivity contribution in [1.29, 1.82) is 0 Å². The van der Waals surface area contributed by atoms with Gasteiger partial charge in [0.15, 0.2) is 0 Å². The van der Waals surface area contributed by atoms with Crippen LogP contribution in [0.3, 0.4) is 0 Å². The van der Waals surface area contributed by atoms with E-state index in [1.54, 1.807) is 37.7 Å². The summed E-state index contributed by atoms with van der Waals surface area (Å²) in [7, 11) is 1.62. The van der Waals surface area contributed by atoms with Crippen molar-refractivity contribution in [1.82, 2.24) is 19.7 Å². The lowest BCUT2D eigenvalue weighted by Gasteiger charge is -2.09. The zero-order valence-corrected chi connectivity index (χ0v) is 19.9. The van der Waals surface area contributed by atoms with Gasteiger partial charge in [0.2, 0.25) is 5.82 Å². The Bertz CT molecular complexity index is 1480. The highest BCUT2D eigenvalue weighted by Gasteiger charge is 2.13. The van der Waals surface area contributed by atoms with E-state index in [0.717, 1.165) is 16.9 Å². The minimum atomic E-state index is -0.372. The summed E-state index contributed by atoms with van der Waals surface area (Å²) in [4.78, 5) is 21.1. The van der Waals surface area contributed by atoms with Crippen LogP contribution in [0.1, 0.15) is 5.56 Å². The van der Waals surface area contributed by atoms with Crippen LogP contribution in [0.5, 0.6) is 5.75 Å². The number of rotatable bonds is 7. The van der Waals surface area contributed by atoms with Crippen molar-refractivity contribution in [3.05, 3.63) is 95.9 Å². The Kier molecular flexibility index (Phi) is 6.63. The van der Waals surface area contributed by atoms with Crippen LogP contribution in [0.15, 0.2) is 89.8 Å². The number of urea groups is 1. The second-order valence-electron chi connectivity index (χ2n) is 7.84. The van der Waals surface area contributed by atoms with Crippen molar-refractivity contribution in [3.63, 3.8) is 0 Å². The topological polar surface area (TPSA) is 107 Å². The van der Waals surface area contributed by atoms with Crippen LogP contribution in [0.25, 0.3) is 23.0 Å². The zero-order chi connectivity index (χ0) is 24.9. The molecule has 0 fully saturated rings. The third kappa shape index (κ3) is 5.37. The summed E-state index contributed by atoms with van der Waals surface area (Å²) in [6.07, 6.45) is 3.55. The molecule has 2 heterocycles. The number of hydrogen-bond acceptors (Lipinski definition) is 6. The van der Waals surface area contributed by atoms with E-state index in [-0.39, 0.29) is 6.03 Å². The average molecular weight is 501 g/mol. The van der Waals surface area contributed by atoms with Crippen molar-refractivity contribution in [2.24, 2.45) is 0 Å². The van der Waals surface area contributed by atoms with Crippen molar-refractivity contribution < 1.29 is 14.1 Å². The molecular formula is C26H21ClN6O3. The van der Waals surface area contributed by atoms with Crippen LogP contribution in [0, 0.1) is 0 Å². The summed E-state index contributed by atoms with van der Waals surface area (Å²) < 4.78 is 12.5. The number of halogens is 1. The highest BCUT2D eigenvalue weighted by molar-refractivity contribution is 6.33. The van der Waals surface area contributed by atoms with Gasteiger partial charge in [0.25, 0.3) is 5.89 Å². The smallest absolute Gasteiger partial charge is 0.323 e. The molecule has 5 aromatic rings. The maximum absolute atomic E-state index is 12.2. The number of methoxy groups -OCH3 is 1. The average Bonchev–Trinajstić information content (AvgIpc) is 3.57. The summed E-state index contributed by atoms with van der Waals surface area (Å²) in [6.45, 7) is 0.582. The lowest BCUT2D eigenvalue weighted by atomic mass is 10.2. The molecule has 9 nitrogen and oxygen atoms in total. The lowest BCUT2D eigenvalue weighted by molar-refractivity contribution is 0.262. The van der Waals surface area contributed by atoms with Gasteiger partial charge in [0.1, 0.15) is 11.4 Å². The third-order valence-electron chi connectivity index (χ3n) is 5.33. The summed E-state index contributed by atoms with van der Waals surface area (Å²) >= 11 is 6.08. The number of para-hydroxylation sites is 1. The fourth-order valence-corrected chi connectivity index (χ4v) is 3.68. The molecule has 5 rings (SSSR count). The van der Waals surface area contributed by atoms with E-state index in [0.29, 0.717) is 40.4 Å². The number of amides is 2. The molecule has 0 saturated carbocycles. The van der Waals surface area contributed by atoms with Crippen LogP contribution in [-0.2, 0) is 6.54 Å². The van der Waals surface area contributed by atoms with Gasteiger partial charge in [0.05, 0.1) is 24.1 Å². The number of ether oxygens (including phenoxy) is 1. The number of benzene rings is 3. The molecule has 0 aliphatic heterocycles. The quantitative estimate of drug-likeness (QED) is 0.286. The SMILES string of the molecule is COc1ccc(-c2noc(-c3cn(Cc4ccc(NC(=O)Nc5ccccc5Cl)cc4)cn3)n2)cc1. The standard InChI is InChI=1S/C26H21ClN6O3/c1-35-20-12-8-18(9-13-20)24-31-25(36-32-24)23-15-33(16-28-23)14-17-6-10-19(11-7-17)29-26(34)30-22-5-3-2-4-21(22)27/h2-13,15-16H,14H2,1H3,(H2,29,30,34). The van der Waals surface area contributed by atoms with E-state index in [9.17, 15) is 4.79 Å². The fraction of sp³-hybridized carbons (Fsp3) is 0.0769. The van der Waals surface area contributed by atoms with E-state index >= 15 is 0 Å². The number of carbonyl (C=O) groups is 1. The van der Waals surface area contributed by atoms with Gasteiger partial charge < -0.3 is 24.5 Å². The van der Waals surface area contributed by atoms with Crippen molar-refractivity contribution in [3.8, 4) is 28.7 Å². The first-order valence-corrected chi connectivity index (χ1v) is 11.4. The van der Waals surface area contributed by atoms with Crippen molar-refractivity contribution in [2.45, 2.75) is 6.54 Å². The highest BCUT2D eigenvalue weighted by atomic mass is 35.5. The summed E-state index contributed by atoms with van der Waals surface area (Å²) in [5.74, 6) is 1.57. The van der Waals surface area contributed by atoms with Crippen molar-refractivity contribution in [2.75, 3.05) is 17.7 Å². The zero-order valence-electron chi connectivity index (χ0n) is 19.2. The molecular weight excluding hydrogens is 480 g/mol. The predicted octanol–water partition coefficient (Wildman–Crippen LogP) is 5.95. The molecule has 180 valence electrons. The molecule has 10 heteroatoms. The third-order valence-corrected chi connectivity index (χ3v) is 5.66. The monoisotopic (exact) mass is 500 g/mol. The van der Waals surface area contributed by atoms with E-state index in [4.69, 9.17) is 20.9 Å². The fourth-order valence-electron chi connectivity index (χ4n) is 3.49. The largest absolute Gasteiger partial charge is 0.497 e. The molecule has 36 heavy (non-hydrogen) atoms. The minimum Gasteiger partial charge on any atom is -0.497 e. The Hall–Kier alpha value is -4.63. The Labute approximate surface area is 211 Å². The maximum atomic E-state index is 12.2. The van der Waals surface area contributed by atoms with Crippen LogP contribution < -0.4 is 15.4 Å². The molecule has 0 bridgehead atoms. The van der Waals surface area contributed by atoms with Gasteiger partial charge in [-0.25, -0.2) is 9.78 Å². The van der Waals surface area contributed by atoms with E-state index < -0.39 is 0 Å². The predicted molar refractivity (Wildman–Crippen MR) is 137 cm³/mol. The van der Waals surface area contributed by atoms with Gasteiger partial charge in [-0.2, -0.15) is 4.98 Å². The first-order chi connectivity index (χ1) is 17.6.